The first kappa shape index (κ1) is 22.6. The highest BCUT2D eigenvalue weighted by Crippen LogP contribution is 2.35. The number of ether oxygens (including phenoxy) is 4. The fourth-order valence-electron chi connectivity index (χ4n) is 4.38. The van der Waals surface area contributed by atoms with Crippen LogP contribution in [0.15, 0.2) is 45.8 Å². The van der Waals surface area contributed by atoms with Crippen LogP contribution in [0.1, 0.15) is 12.8 Å². The maximum atomic E-state index is 13.2. The van der Waals surface area contributed by atoms with Crippen LogP contribution in [-0.2, 0) is 14.3 Å². The van der Waals surface area contributed by atoms with Crippen molar-refractivity contribution >= 4 is 22.8 Å². The normalized spacial score (nSPS) is 16.8. The molecule has 0 unspecified atom stereocenters. The number of amides is 1. The highest BCUT2D eigenvalue weighted by Gasteiger charge is 2.35. The van der Waals surface area contributed by atoms with Crippen LogP contribution in [0.3, 0.4) is 0 Å². The van der Waals surface area contributed by atoms with Crippen LogP contribution < -0.4 is 19.6 Å². The second kappa shape index (κ2) is 9.21. The molecule has 1 aromatic heterocycles. The van der Waals surface area contributed by atoms with Crippen molar-refractivity contribution in [3.05, 3.63) is 46.8 Å². The van der Waals surface area contributed by atoms with Crippen molar-refractivity contribution in [2.45, 2.75) is 18.9 Å². The lowest BCUT2D eigenvalue weighted by atomic mass is 10.0. The van der Waals surface area contributed by atoms with Gasteiger partial charge in [-0.2, -0.15) is 0 Å². The van der Waals surface area contributed by atoms with Crippen LogP contribution >= 0.6 is 0 Å². The molecule has 2 aromatic carbocycles. The summed E-state index contributed by atoms with van der Waals surface area (Å²) in [5.74, 6) is 0.0799. The topological polar surface area (TPSA) is 125 Å². The molecule has 3 heterocycles. The number of carbonyl (C=O) groups excluding carboxylic acids is 2. The number of hydrogen-bond donors (Lipinski definition) is 1. The molecule has 1 amide bonds. The molecular weight excluding hydrogens is 458 g/mol. The first-order valence-electron chi connectivity index (χ1n) is 11.1. The molecule has 3 aromatic rings. The molecule has 1 saturated heterocycles. The maximum Gasteiger partial charge on any atom is 0.328 e. The maximum absolute atomic E-state index is 13.2. The Bertz CT molecular complexity index is 1360. The van der Waals surface area contributed by atoms with Crippen molar-refractivity contribution in [2.24, 2.45) is 0 Å². The summed E-state index contributed by atoms with van der Waals surface area (Å²) in [6.45, 7) is 0.953. The highest BCUT2D eigenvalue weighted by molar-refractivity contribution is 5.89. The standard InChI is InChI=1S/C25H23NO9/c1-31-25(30)17-3-2-6-26(17)22(28)13-34-15-10-18(27)23-21(11-15)35-12-16(24(23)29)14-4-5-19-20(9-14)33-8-7-32-19/h4-5,9-12,17,27H,2-3,6-8,13H2,1H3/t17-/m1/s1. The summed E-state index contributed by atoms with van der Waals surface area (Å²) in [6.07, 6.45) is 2.53. The van der Waals surface area contributed by atoms with E-state index in [2.05, 4.69) is 0 Å². The third-order valence-electron chi connectivity index (χ3n) is 6.09. The second-order valence-corrected chi connectivity index (χ2v) is 8.21. The van der Waals surface area contributed by atoms with Gasteiger partial charge in [-0.1, -0.05) is 6.07 Å². The largest absolute Gasteiger partial charge is 0.507 e. The number of esters is 1. The molecule has 35 heavy (non-hydrogen) atoms. The van der Waals surface area contributed by atoms with Crippen LogP contribution in [0.2, 0.25) is 0 Å². The zero-order valence-electron chi connectivity index (χ0n) is 18.9. The summed E-state index contributed by atoms with van der Waals surface area (Å²) < 4.78 is 27.0. The Balaban J connectivity index is 1.37. The summed E-state index contributed by atoms with van der Waals surface area (Å²) in [5.41, 5.74) is 0.478. The summed E-state index contributed by atoms with van der Waals surface area (Å²) in [5, 5.41) is 10.6. The van der Waals surface area contributed by atoms with E-state index in [-0.39, 0.29) is 40.5 Å². The van der Waals surface area contributed by atoms with E-state index in [0.717, 1.165) is 0 Å². The quantitative estimate of drug-likeness (QED) is 0.547. The molecule has 0 spiro atoms. The zero-order valence-corrected chi connectivity index (χ0v) is 18.9. The number of rotatable bonds is 5. The molecule has 0 radical (unpaired) electrons. The molecular formula is C25H23NO9. The average molecular weight is 481 g/mol. The molecule has 5 rings (SSSR count). The fourth-order valence-corrected chi connectivity index (χ4v) is 4.38. The number of aromatic hydroxyl groups is 1. The summed E-state index contributed by atoms with van der Waals surface area (Å²) in [6, 6.07) is 7.17. The molecule has 182 valence electrons. The van der Waals surface area contributed by atoms with Crippen molar-refractivity contribution in [2.75, 3.05) is 33.5 Å². The molecule has 2 aliphatic rings. The smallest absolute Gasteiger partial charge is 0.328 e. The van der Waals surface area contributed by atoms with Crippen LogP contribution in [-0.4, -0.2) is 61.4 Å². The minimum Gasteiger partial charge on any atom is -0.507 e. The van der Waals surface area contributed by atoms with Crippen molar-refractivity contribution in [3.8, 4) is 34.1 Å². The van der Waals surface area contributed by atoms with Crippen molar-refractivity contribution < 1.29 is 38.1 Å². The minimum atomic E-state index is -0.627. The van der Waals surface area contributed by atoms with E-state index in [0.29, 0.717) is 49.7 Å². The Morgan fingerprint density at radius 3 is 2.74 bits per heavy atom. The zero-order chi connectivity index (χ0) is 24.5. The lowest BCUT2D eigenvalue weighted by molar-refractivity contribution is -0.151. The number of hydrogen-bond acceptors (Lipinski definition) is 9. The molecule has 1 N–H and O–H groups in total. The number of carbonyl (C=O) groups is 2. The van der Waals surface area contributed by atoms with Gasteiger partial charge in [-0.05, 0) is 30.5 Å². The van der Waals surface area contributed by atoms with Gasteiger partial charge in [0.15, 0.2) is 18.1 Å². The van der Waals surface area contributed by atoms with Gasteiger partial charge in [0, 0.05) is 18.7 Å². The Hall–Kier alpha value is -4.21. The Morgan fingerprint density at radius 2 is 1.94 bits per heavy atom. The van der Waals surface area contributed by atoms with E-state index in [1.807, 2.05) is 0 Å². The lowest BCUT2D eigenvalue weighted by Gasteiger charge is -2.22. The Labute approximate surface area is 199 Å². The SMILES string of the molecule is COC(=O)[C@H]1CCCN1C(=O)COc1cc(O)c2c(=O)c(-c3ccc4c(c3)OCCO4)coc2c1. The number of fused-ring (bicyclic) bond motifs is 2. The first-order valence-corrected chi connectivity index (χ1v) is 11.1. The van der Waals surface area contributed by atoms with E-state index < -0.39 is 17.4 Å². The molecule has 0 aliphatic carbocycles. The number of phenols is 1. The second-order valence-electron chi connectivity index (χ2n) is 8.21. The monoisotopic (exact) mass is 481 g/mol. The molecule has 1 fully saturated rings. The van der Waals surface area contributed by atoms with Gasteiger partial charge in [-0.3, -0.25) is 9.59 Å². The first-order chi connectivity index (χ1) is 17.0. The van der Waals surface area contributed by atoms with Crippen molar-refractivity contribution in [1.82, 2.24) is 4.90 Å². The molecule has 2 aliphatic heterocycles. The van der Waals surface area contributed by atoms with E-state index in [1.165, 1.54) is 30.4 Å². The van der Waals surface area contributed by atoms with Crippen molar-refractivity contribution in [1.29, 1.82) is 0 Å². The molecule has 10 nitrogen and oxygen atoms in total. The van der Waals surface area contributed by atoms with Crippen LogP contribution in [0.5, 0.6) is 23.0 Å². The van der Waals surface area contributed by atoms with Gasteiger partial charge in [0.1, 0.15) is 48.0 Å². The van der Waals surface area contributed by atoms with E-state index in [4.69, 9.17) is 23.4 Å². The van der Waals surface area contributed by atoms with Crippen molar-refractivity contribution in [3.63, 3.8) is 0 Å². The molecule has 0 saturated carbocycles. The summed E-state index contributed by atoms with van der Waals surface area (Å²) >= 11 is 0. The lowest BCUT2D eigenvalue weighted by Crippen LogP contribution is -2.43. The van der Waals surface area contributed by atoms with Crippen LogP contribution in [0.4, 0.5) is 0 Å². The van der Waals surface area contributed by atoms with Gasteiger partial charge < -0.3 is 33.4 Å². The molecule has 1 atom stereocenters. The summed E-state index contributed by atoms with van der Waals surface area (Å²) in [7, 11) is 1.28. The van der Waals surface area contributed by atoms with Gasteiger partial charge >= 0.3 is 5.97 Å². The Kier molecular flexibility index (Phi) is 5.94. The number of methoxy groups -OCH3 is 1. The predicted octanol–water partition coefficient (Wildman–Crippen LogP) is 2.48. The number of benzene rings is 2. The predicted molar refractivity (Wildman–Crippen MR) is 123 cm³/mol. The summed E-state index contributed by atoms with van der Waals surface area (Å²) in [4.78, 5) is 39.1. The highest BCUT2D eigenvalue weighted by atomic mass is 16.6. The van der Waals surface area contributed by atoms with Gasteiger partial charge in [0.2, 0.25) is 5.43 Å². The minimum absolute atomic E-state index is 0.0126. The Morgan fingerprint density at radius 1 is 1.14 bits per heavy atom. The van der Waals surface area contributed by atoms with Gasteiger partial charge in [-0.25, -0.2) is 4.79 Å². The number of likely N-dealkylation sites (tertiary alicyclic amines) is 1. The third kappa shape index (κ3) is 4.23. The molecule has 10 heteroatoms. The van der Waals surface area contributed by atoms with Crippen LogP contribution in [0, 0.1) is 0 Å². The third-order valence-corrected chi connectivity index (χ3v) is 6.09. The number of nitrogens with zero attached hydrogens (tertiary/aromatic N) is 1. The van der Waals surface area contributed by atoms with Gasteiger partial charge in [0.05, 0.1) is 12.7 Å². The van der Waals surface area contributed by atoms with Gasteiger partial charge in [-0.15, -0.1) is 0 Å². The molecule has 0 bridgehead atoms. The van der Waals surface area contributed by atoms with E-state index in [9.17, 15) is 19.5 Å². The fraction of sp³-hybridized carbons (Fsp3) is 0.320. The van der Waals surface area contributed by atoms with Gasteiger partial charge in [0.25, 0.3) is 5.91 Å². The van der Waals surface area contributed by atoms with E-state index >= 15 is 0 Å². The van der Waals surface area contributed by atoms with E-state index in [1.54, 1.807) is 18.2 Å². The average Bonchev–Trinajstić information content (AvgIpc) is 3.37. The van der Waals surface area contributed by atoms with Crippen LogP contribution in [0.25, 0.3) is 22.1 Å². The number of phenolic OH excluding ortho intramolecular Hbond substituents is 1.